The second-order valence-corrected chi connectivity index (χ2v) is 5.55. The van der Waals surface area contributed by atoms with E-state index in [0.29, 0.717) is 5.75 Å². The standard InChI is InChI=1S/C19H23NO2/c1-5-16-7-9-17(10-8-16)20-19(21)15(4)22-18-11-6-13(2)14(3)12-18/h6-12,15H,5H2,1-4H3,(H,20,21). The van der Waals surface area contributed by atoms with Crippen LogP contribution in [-0.2, 0) is 11.2 Å². The van der Waals surface area contributed by atoms with E-state index in [4.69, 9.17) is 4.74 Å². The average molecular weight is 297 g/mol. The minimum Gasteiger partial charge on any atom is -0.481 e. The first-order valence-electron chi connectivity index (χ1n) is 7.63. The Morgan fingerprint density at radius 3 is 2.36 bits per heavy atom. The number of carbonyl (C=O) groups is 1. The van der Waals surface area contributed by atoms with Crippen molar-refractivity contribution >= 4 is 11.6 Å². The Hall–Kier alpha value is -2.29. The van der Waals surface area contributed by atoms with Crippen LogP contribution >= 0.6 is 0 Å². The van der Waals surface area contributed by atoms with Crippen molar-refractivity contribution in [1.29, 1.82) is 0 Å². The van der Waals surface area contributed by atoms with Gasteiger partial charge in [-0.1, -0.05) is 25.1 Å². The zero-order valence-electron chi connectivity index (χ0n) is 13.6. The summed E-state index contributed by atoms with van der Waals surface area (Å²) in [6, 6.07) is 13.7. The molecule has 2 rings (SSSR count). The van der Waals surface area contributed by atoms with Gasteiger partial charge in [-0.15, -0.1) is 0 Å². The molecule has 116 valence electrons. The van der Waals surface area contributed by atoms with Gasteiger partial charge in [0.05, 0.1) is 0 Å². The van der Waals surface area contributed by atoms with E-state index >= 15 is 0 Å². The van der Waals surface area contributed by atoms with Gasteiger partial charge in [-0.05, 0) is 68.1 Å². The summed E-state index contributed by atoms with van der Waals surface area (Å²) in [5, 5.41) is 2.88. The highest BCUT2D eigenvalue weighted by molar-refractivity contribution is 5.94. The molecule has 22 heavy (non-hydrogen) atoms. The van der Waals surface area contributed by atoms with E-state index in [9.17, 15) is 4.79 Å². The Balaban J connectivity index is 1.97. The number of benzene rings is 2. The van der Waals surface area contributed by atoms with Crippen LogP contribution in [0, 0.1) is 13.8 Å². The van der Waals surface area contributed by atoms with Crippen LogP contribution in [0.2, 0.25) is 0 Å². The second-order valence-electron chi connectivity index (χ2n) is 5.55. The molecule has 0 radical (unpaired) electrons. The van der Waals surface area contributed by atoms with E-state index in [2.05, 4.69) is 19.2 Å². The molecule has 2 aromatic carbocycles. The monoisotopic (exact) mass is 297 g/mol. The Morgan fingerprint density at radius 1 is 1.09 bits per heavy atom. The molecule has 0 spiro atoms. The maximum Gasteiger partial charge on any atom is 0.265 e. The maximum absolute atomic E-state index is 12.2. The Kier molecular flexibility index (Phi) is 5.21. The van der Waals surface area contributed by atoms with Gasteiger partial charge in [0.15, 0.2) is 6.10 Å². The van der Waals surface area contributed by atoms with Crippen molar-refractivity contribution in [2.45, 2.75) is 40.2 Å². The number of rotatable bonds is 5. The molecule has 0 saturated heterocycles. The van der Waals surface area contributed by atoms with Crippen molar-refractivity contribution in [2.24, 2.45) is 0 Å². The Labute approximate surface area is 132 Å². The molecule has 1 N–H and O–H groups in total. The summed E-state index contributed by atoms with van der Waals surface area (Å²) in [6.45, 7) is 7.94. The summed E-state index contributed by atoms with van der Waals surface area (Å²) in [4.78, 5) is 12.2. The molecule has 3 nitrogen and oxygen atoms in total. The van der Waals surface area contributed by atoms with E-state index in [1.807, 2.05) is 49.4 Å². The molecule has 1 amide bonds. The smallest absolute Gasteiger partial charge is 0.265 e. The maximum atomic E-state index is 12.2. The predicted molar refractivity (Wildman–Crippen MR) is 90.5 cm³/mol. The second kappa shape index (κ2) is 7.12. The summed E-state index contributed by atoms with van der Waals surface area (Å²) < 4.78 is 5.72. The van der Waals surface area contributed by atoms with Crippen LogP contribution in [0.5, 0.6) is 5.75 Å². The van der Waals surface area contributed by atoms with Crippen LogP contribution in [0.4, 0.5) is 5.69 Å². The Bertz CT molecular complexity index is 647. The number of anilines is 1. The first-order chi connectivity index (χ1) is 10.5. The number of hydrogen-bond donors (Lipinski definition) is 1. The summed E-state index contributed by atoms with van der Waals surface area (Å²) in [6.07, 6.45) is 0.438. The van der Waals surface area contributed by atoms with Gasteiger partial charge < -0.3 is 10.1 Å². The number of amides is 1. The first-order valence-corrected chi connectivity index (χ1v) is 7.63. The minimum absolute atomic E-state index is 0.150. The summed E-state index contributed by atoms with van der Waals surface area (Å²) in [5.41, 5.74) is 4.40. The van der Waals surface area contributed by atoms with Crippen LogP contribution < -0.4 is 10.1 Å². The molecular weight excluding hydrogens is 274 g/mol. The highest BCUT2D eigenvalue weighted by atomic mass is 16.5. The van der Waals surface area contributed by atoms with Gasteiger partial charge in [-0.25, -0.2) is 0 Å². The molecule has 0 fully saturated rings. The molecule has 1 unspecified atom stereocenters. The van der Waals surface area contributed by atoms with E-state index in [0.717, 1.165) is 17.7 Å². The third-order valence-electron chi connectivity index (χ3n) is 3.79. The largest absolute Gasteiger partial charge is 0.481 e. The van der Waals surface area contributed by atoms with Gasteiger partial charge in [0.2, 0.25) is 0 Å². The average Bonchev–Trinajstić information content (AvgIpc) is 2.51. The summed E-state index contributed by atoms with van der Waals surface area (Å²) in [5.74, 6) is 0.564. The van der Waals surface area contributed by atoms with Crippen molar-refractivity contribution in [1.82, 2.24) is 0 Å². The number of nitrogens with one attached hydrogen (secondary N) is 1. The minimum atomic E-state index is -0.548. The fraction of sp³-hybridized carbons (Fsp3) is 0.316. The van der Waals surface area contributed by atoms with E-state index in [1.165, 1.54) is 11.1 Å². The van der Waals surface area contributed by atoms with Gasteiger partial charge >= 0.3 is 0 Å². The van der Waals surface area contributed by atoms with Crippen molar-refractivity contribution in [3.63, 3.8) is 0 Å². The van der Waals surface area contributed by atoms with Gasteiger partial charge in [0.1, 0.15) is 5.75 Å². The third-order valence-corrected chi connectivity index (χ3v) is 3.79. The molecule has 1 atom stereocenters. The van der Waals surface area contributed by atoms with Gasteiger partial charge in [-0.3, -0.25) is 4.79 Å². The quantitative estimate of drug-likeness (QED) is 0.895. The zero-order chi connectivity index (χ0) is 16.1. The molecule has 0 aliphatic heterocycles. The topological polar surface area (TPSA) is 38.3 Å². The van der Waals surface area contributed by atoms with Gasteiger partial charge in [0.25, 0.3) is 5.91 Å². The first kappa shape index (κ1) is 16.1. The van der Waals surface area contributed by atoms with E-state index in [1.54, 1.807) is 6.92 Å². The number of carbonyl (C=O) groups excluding carboxylic acids is 1. The molecular formula is C19H23NO2. The fourth-order valence-corrected chi connectivity index (χ4v) is 2.11. The number of ether oxygens (including phenoxy) is 1. The number of hydrogen-bond acceptors (Lipinski definition) is 2. The summed E-state index contributed by atoms with van der Waals surface area (Å²) in [7, 11) is 0. The van der Waals surface area contributed by atoms with Gasteiger partial charge in [0, 0.05) is 5.69 Å². The van der Waals surface area contributed by atoms with E-state index < -0.39 is 6.10 Å². The predicted octanol–water partition coefficient (Wildman–Crippen LogP) is 4.27. The van der Waals surface area contributed by atoms with Crippen LogP contribution in [0.15, 0.2) is 42.5 Å². The van der Waals surface area contributed by atoms with Crippen LogP contribution in [-0.4, -0.2) is 12.0 Å². The summed E-state index contributed by atoms with van der Waals surface area (Å²) >= 11 is 0. The van der Waals surface area contributed by atoms with Crippen LogP contribution in [0.25, 0.3) is 0 Å². The van der Waals surface area contributed by atoms with E-state index in [-0.39, 0.29) is 5.91 Å². The normalized spacial score (nSPS) is 11.8. The van der Waals surface area contributed by atoms with Crippen molar-refractivity contribution in [2.75, 3.05) is 5.32 Å². The molecule has 0 bridgehead atoms. The lowest BCUT2D eigenvalue weighted by Gasteiger charge is -2.15. The SMILES string of the molecule is CCc1ccc(NC(=O)C(C)Oc2ccc(C)c(C)c2)cc1. The molecule has 0 heterocycles. The highest BCUT2D eigenvalue weighted by Gasteiger charge is 2.15. The van der Waals surface area contributed by atoms with Gasteiger partial charge in [-0.2, -0.15) is 0 Å². The number of aryl methyl sites for hydroxylation is 3. The molecule has 3 heteroatoms. The van der Waals surface area contributed by atoms with Crippen molar-refractivity contribution < 1.29 is 9.53 Å². The molecule has 0 saturated carbocycles. The fourth-order valence-electron chi connectivity index (χ4n) is 2.11. The molecule has 0 aliphatic rings. The van der Waals surface area contributed by atoms with Crippen LogP contribution in [0.3, 0.4) is 0 Å². The molecule has 0 aromatic heterocycles. The highest BCUT2D eigenvalue weighted by Crippen LogP contribution is 2.18. The molecule has 2 aromatic rings. The molecule has 0 aliphatic carbocycles. The lowest BCUT2D eigenvalue weighted by atomic mass is 10.1. The third kappa shape index (κ3) is 4.10. The van der Waals surface area contributed by atoms with Crippen LogP contribution in [0.1, 0.15) is 30.5 Å². The lowest BCUT2D eigenvalue weighted by molar-refractivity contribution is -0.122. The van der Waals surface area contributed by atoms with Crippen molar-refractivity contribution in [3.8, 4) is 5.75 Å². The van der Waals surface area contributed by atoms with Crippen molar-refractivity contribution in [3.05, 3.63) is 59.2 Å². The lowest BCUT2D eigenvalue weighted by Crippen LogP contribution is -2.30. The Morgan fingerprint density at radius 2 is 1.77 bits per heavy atom. The zero-order valence-corrected chi connectivity index (χ0v) is 13.6.